The highest BCUT2D eigenvalue weighted by Crippen LogP contribution is 2.38. The van der Waals surface area contributed by atoms with Gasteiger partial charge < -0.3 is 4.90 Å². The van der Waals surface area contributed by atoms with Crippen molar-refractivity contribution in [3.05, 3.63) is 83.7 Å². The third-order valence-corrected chi connectivity index (χ3v) is 5.39. The summed E-state index contributed by atoms with van der Waals surface area (Å²) in [6.07, 6.45) is 1.95. The fourth-order valence-electron chi connectivity index (χ4n) is 2.92. The molecule has 0 saturated carbocycles. The highest BCUT2D eigenvalue weighted by Gasteiger charge is 2.34. The summed E-state index contributed by atoms with van der Waals surface area (Å²) in [6.45, 7) is 1.28. The van der Waals surface area contributed by atoms with E-state index < -0.39 is 0 Å². The molecule has 1 aliphatic heterocycles. The normalized spacial score (nSPS) is 17.2. The third-order valence-electron chi connectivity index (χ3n) is 4.16. The zero-order chi connectivity index (χ0) is 17.1. The number of thioether (sulfide) groups is 1. The molecule has 0 N–H and O–H groups in total. The molecule has 126 valence electrons. The molecule has 1 aliphatic rings. The molecule has 3 aromatic rings. The first kappa shape index (κ1) is 15.9. The van der Waals surface area contributed by atoms with Gasteiger partial charge in [0, 0.05) is 6.54 Å². The average molecular weight is 350 g/mol. The predicted octanol–water partition coefficient (Wildman–Crippen LogP) is 3.10. The Balaban J connectivity index is 1.51. The zero-order valence-corrected chi connectivity index (χ0v) is 14.5. The summed E-state index contributed by atoms with van der Waals surface area (Å²) in [5.74, 6) is 0.639. The number of aromatic nitrogens is 3. The predicted molar refractivity (Wildman–Crippen MR) is 97.8 cm³/mol. The minimum atomic E-state index is -0.0720. The summed E-state index contributed by atoms with van der Waals surface area (Å²) < 4.78 is 1.83. The van der Waals surface area contributed by atoms with Gasteiger partial charge in [-0.3, -0.25) is 4.79 Å². The molecular weight excluding hydrogens is 332 g/mol. The molecule has 4 rings (SSSR count). The topological polar surface area (TPSA) is 51.0 Å². The molecular formula is C19H18N4OS. The number of hydrogen-bond acceptors (Lipinski definition) is 4. The second-order valence-corrected chi connectivity index (χ2v) is 7.07. The first-order valence-electron chi connectivity index (χ1n) is 8.18. The van der Waals surface area contributed by atoms with Crippen LogP contribution in [-0.2, 0) is 17.9 Å². The number of carbonyl (C=O) groups is 1. The average Bonchev–Trinajstić information content (AvgIpc) is 3.24. The van der Waals surface area contributed by atoms with Gasteiger partial charge in [-0.15, -0.1) is 16.9 Å². The van der Waals surface area contributed by atoms with E-state index in [1.165, 1.54) is 5.56 Å². The van der Waals surface area contributed by atoms with Crippen LogP contribution in [0.4, 0.5) is 0 Å². The molecule has 1 fully saturated rings. The summed E-state index contributed by atoms with van der Waals surface area (Å²) >= 11 is 1.61. The minimum Gasteiger partial charge on any atom is -0.320 e. The van der Waals surface area contributed by atoms with Gasteiger partial charge >= 0.3 is 0 Å². The zero-order valence-electron chi connectivity index (χ0n) is 13.7. The van der Waals surface area contributed by atoms with E-state index >= 15 is 0 Å². The maximum atomic E-state index is 12.3. The van der Waals surface area contributed by atoms with E-state index in [-0.39, 0.29) is 11.3 Å². The van der Waals surface area contributed by atoms with Gasteiger partial charge in [0.15, 0.2) is 0 Å². The van der Waals surface area contributed by atoms with E-state index in [9.17, 15) is 4.79 Å². The van der Waals surface area contributed by atoms with Crippen LogP contribution < -0.4 is 0 Å². The fourth-order valence-corrected chi connectivity index (χ4v) is 4.04. The van der Waals surface area contributed by atoms with Gasteiger partial charge in [0.05, 0.1) is 18.5 Å². The molecule has 25 heavy (non-hydrogen) atoms. The number of rotatable bonds is 5. The van der Waals surface area contributed by atoms with E-state index in [0.29, 0.717) is 18.8 Å². The van der Waals surface area contributed by atoms with Crippen LogP contribution in [0.15, 0.2) is 66.9 Å². The van der Waals surface area contributed by atoms with Gasteiger partial charge in [0.1, 0.15) is 11.1 Å². The van der Waals surface area contributed by atoms with Crippen molar-refractivity contribution in [2.45, 2.75) is 18.5 Å². The molecule has 0 unspecified atom stereocenters. The Labute approximate surface area is 150 Å². The summed E-state index contributed by atoms with van der Waals surface area (Å²) in [4.78, 5) is 14.2. The number of carbonyl (C=O) groups excluding carboxylic acids is 1. The minimum absolute atomic E-state index is 0.0720. The fraction of sp³-hybridized carbons (Fsp3) is 0.211. The maximum Gasteiger partial charge on any atom is 0.234 e. The Morgan fingerprint density at radius 3 is 2.28 bits per heavy atom. The Hall–Kier alpha value is -2.60. The van der Waals surface area contributed by atoms with E-state index in [1.807, 2.05) is 64.3 Å². The number of benzene rings is 2. The molecule has 0 bridgehead atoms. The lowest BCUT2D eigenvalue weighted by Crippen LogP contribution is -2.27. The molecule has 1 aromatic heterocycles. The smallest absolute Gasteiger partial charge is 0.234 e. The summed E-state index contributed by atoms with van der Waals surface area (Å²) in [5, 5.41) is 8.48. The molecule has 0 spiro atoms. The van der Waals surface area contributed by atoms with E-state index in [1.54, 1.807) is 11.8 Å². The Morgan fingerprint density at radius 1 is 0.960 bits per heavy atom. The lowest BCUT2D eigenvalue weighted by molar-refractivity contribution is -0.128. The molecule has 0 radical (unpaired) electrons. The highest BCUT2D eigenvalue weighted by atomic mass is 32.2. The Bertz CT molecular complexity index is 850. The lowest BCUT2D eigenvalue weighted by atomic mass is 10.2. The van der Waals surface area contributed by atoms with E-state index in [4.69, 9.17) is 0 Å². The Morgan fingerprint density at radius 2 is 1.60 bits per heavy atom. The summed E-state index contributed by atoms with van der Waals surface area (Å²) in [6, 6.07) is 20.2. The molecule has 1 atom stereocenters. The van der Waals surface area contributed by atoms with Gasteiger partial charge in [-0.1, -0.05) is 65.9 Å². The van der Waals surface area contributed by atoms with Crippen LogP contribution in [0.3, 0.4) is 0 Å². The van der Waals surface area contributed by atoms with Crippen LogP contribution >= 0.6 is 11.8 Å². The molecule has 2 heterocycles. The number of amides is 1. The van der Waals surface area contributed by atoms with Crippen LogP contribution in [0.2, 0.25) is 0 Å². The van der Waals surface area contributed by atoms with Gasteiger partial charge in [0.2, 0.25) is 5.91 Å². The molecule has 5 nitrogen and oxygen atoms in total. The van der Waals surface area contributed by atoms with Crippen LogP contribution in [-0.4, -0.2) is 31.6 Å². The molecule has 1 saturated heterocycles. The van der Waals surface area contributed by atoms with Crippen molar-refractivity contribution in [1.29, 1.82) is 0 Å². The third kappa shape index (κ3) is 3.58. The first-order chi connectivity index (χ1) is 12.3. The molecule has 2 aromatic carbocycles. The second-order valence-electron chi connectivity index (χ2n) is 6.00. The molecule has 6 heteroatoms. The van der Waals surface area contributed by atoms with Crippen LogP contribution in [0.1, 0.15) is 22.2 Å². The lowest BCUT2D eigenvalue weighted by Gasteiger charge is -2.22. The second kappa shape index (κ2) is 7.11. The van der Waals surface area contributed by atoms with Gasteiger partial charge in [-0.05, 0) is 11.1 Å². The summed E-state index contributed by atoms with van der Waals surface area (Å²) in [7, 11) is 0. The van der Waals surface area contributed by atoms with Crippen molar-refractivity contribution in [2.75, 3.05) is 5.75 Å². The molecule has 0 aliphatic carbocycles. The highest BCUT2D eigenvalue weighted by molar-refractivity contribution is 8.00. The van der Waals surface area contributed by atoms with Crippen molar-refractivity contribution in [1.82, 2.24) is 19.9 Å². The Kier molecular flexibility index (Phi) is 4.52. The number of hydrogen-bond donors (Lipinski definition) is 0. The SMILES string of the molecule is O=C1CS[C@@H](c2cn(Cc3ccccc3)nn2)N1Cc1ccccc1. The maximum absolute atomic E-state index is 12.3. The van der Waals surface area contributed by atoms with E-state index in [2.05, 4.69) is 22.4 Å². The van der Waals surface area contributed by atoms with Crippen molar-refractivity contribution in [3.8, 4) is 0 Å². The number of nitrogens with zero attached hydrogens (tertiary/aromatic N) is 4. The van der Waals surface area contributed by atoms with Crippen molar-refractivity contribution >= 4 is 17.7 Å². The standard InChI is InChI=1S/C19H18N4OS/c24-18-14-25-19(23(18)12-16-9-5-2-6-10-16)17-13-22(21-20-17)11-15-7-3-1-4-8-15/h1-10,13,19H,11-12,14H2/t19-/m0/s1. The van der Waals surface area contributed by atoms with Crippen LogP contribution in [0, 0.1) is 0 Å². The van der Waals surface area contributed by atoms with Crippen LogP contribution in [0.5, 0.6) is 0 Å². The van der Waals surface area contributed by atoms with E-state index in [0.717, 1.165) is 11.3 Å². The van der Waals surface area contributed by atoms with Crippen LogP contribution in [0.25, 0.3) is 0 Å². The van der Waals surface area contributed by atoms with Gasteiger partial charge in [0.25, 0.3) is 0 Å². The van der Waals surface area contributed by atoms with Crippen molar-refractivity contribution in [3.63, 3.8) is 0 Å². The van der Waals surface area contributed by atoms with Gasteiger partial charge in [-0.25, -0.2) is 4.68 Å². The quantitative estimate of drug-likeness (QED) is 0.709. The monoisotopic (exact) mass is 350 g/mol. The van der Waals surface area contributed by atoms with Crippen molar-refractivity contribution < 1.29 is 4.79 Å². The first-order valence-corrected chi connectivity index (χ1v) is 9.23. The van der Waals surface area contributed by atoms with Gasteiger partial charge in [-0.2, -0.15) is 0 Å². The molecule has 1 amide bonds. The largest absolute Gasteiger partial charge is 0.320 e. The summed E-state index contributed by atoms with van der Waals surface area (Å²) in [5.41, 5.74) is 3.14. The van der Waals surface area contributed by atoms with Crippen molar-refractivity contribution in [2.24, 2.45) is 0 Å².